The summed E-state index contributed by atoms with van der Waals surface area (Å²) >= 11 is 10.8. The molecule has 0 unspecified atom stereocenters. The van der Waals surface area contributed by atoms with Crippen LogP contribution < -0.4 is 10.5 Å². The van der Waals surface area contributed by atoms with Crippen LogP contribution in [0.3, 0.4) is 0 Å². The molecule has 1 aliphatic rings. The maximum Gasteiger partial charge on any atom is 0.240 e. The summed E-state index contributed by atoms with van der Waals surface area (Å²) in [5, 5.41) is 0.241. The standard InChI is InChI=1S/C13H18ClN3O2S2/c14-12-9-10(3-4-11(12)13(15)20)21(18,19)16-5-8-17-6-1-2-7-17/h3-4,9,16H,1-2,5-8H2,(H2,15,20). The van der Waals surface area contributed by atoms with Gasteiger partial charge in [0.05, 0.1) is 9.92 Å². The van der Waals surface area contributed by atoms with Gasteiger partial charge in [0.15, 0.2) is 0 Å². The number of likely N-dealkylation sites (tertiary alicyclic amines) is 1. The summed E-state index contributed by atoms with van der Waals surface area (Å²) in [4.78, 5) is 2.51. The molecule has 0 spiro atoms. The minimum atomic E-state index is -3.56. The van der Waals surface area contributed by atoms with Crippen LogP contribution in [0.25, 0.3) is 0 Å². The lowest BCUT2D eigenvalue weighted by atomic mass is 10.2. The molecule has 2 rings (SSSR count). The molecule has 1 aromatic rings. The summed E-state index contributed by atoms with van der Waals surface area (Å²) in [5.74, 6) is 0. The number of nitrogens with two attached hydrogens (primary N) is 1. The highest BCUT2D eigenvalue weighted by Crippen LogP contribution is 2.20. The Morgan fingerprint density at radius 2 is 2.05 bits per heavy atom. The van der Waals surface area contributed by atoms with E-state index in [1.807, 2.05) is 0 Å². The van der Waals surface area contributed by atoms with Gasteiger partial charge in [-0.05, 0) is 44.1 Å². The fourth-order valence-electron chi connectivity index (χ4n) is 2.29. The van der Waals surface area contributed by atoms with E-state index >= 15 is 0 Å². The Labute approximate surface area is 135 Å². The highest BCUT2D eigenvalue weighted by atomic mass is 35.5. The van der Waals surface area contributed by atoms with Crippen molar-refractivity contribution in [2.75, 3.05) is 26.2 Å². The molecule has 1 fully saturated rings. The number of hydrogen-bond donors (Lipinski definition) is 2. The Balaban J connectivity index is 2.01. The van der Waals surface area contributed by atoms with Crippen molar-refractivity contribution in [3.8, 4) is 0 Å². The van der Waals surface area contributed by atoms with Crippen LogP contribution >= 0.6 is 23.8 Å². The van der Waals surface area contributed by atoms with Crippen LogP contribution in [0.4, 0.5) is 0 Å². The van der Waals surface area contributed by atoms with Crippen molar-refractivity contribution < 1.29 is 8.42 Å². The highest BCUT2D eigenvalue weighted by Gasteiger charge is 2.17. The molecule has 3 N–H and O–H groups in total. The third-order valence-electron chi connectivity index (χ3n) is 3.44. The molecule has 0 saturated carbocycles. The van der Waals surface area contributed by atoms with Gasteiger partial charge in [-0.15, -0.1) is 0 Å². The zero-order valence-corrected chi connectivity index (χ0v) is 13.9. The molecule has 116 valence electrons. The number of halogens is 1. The van der Waals surface area contributed by atoms with Crippen molar-refractivity contribution in [2.24, 2.45) is 5.73 Å². The van der Waals surface area contributed by atoms with E-state index in [2.05, 4.69) is 9.62 Å². The van der Waals surface area contributed by atoms with Gasteiger partial charge in [0.1, 0.15) is 4.99 Å². The summed E-state index contributed by atoms with van der Waals surface area (Å²) in [7, 11) is -3.56. The number of sulfonamides is 1. The third kappa shape index (κ3) is 4.37. The van der Waals surface area contributed by atoms with Crippen molar-refractivity contribution in [1.82, 2.24) is 9.62 Å². The van der Waals surface area contributed by atoms with Crippen LogP contribution in [-0.2, 0) is 10.0 Å². The van der Waals surface area contributed by atoms with Crippen LogP contribution in [0.2, 0.25) is 5.02 Å². The molecule has 0 aliphatic carbocycles. The first kappa shape index (κ1) is 16.6. The average Bonchev–Trinajstić information content (AvgIpc) is 2.91. The van der Waals surface area contributed by atoms with Crippen LogP contribution in [0.5, 0.6) is 0 Å². The average molecular weight is 348 g/mol. The second kappa shape index (κ2) is 7.02. The van der Waals surface area contributed by atoms with Crippen molar-refractivity contribution in [3.05, 3.63) is 28.8 Å². The molecule has 5 nitrogen and oxygen atoms in total. The van der Waals surface area contributed by atoms with E-state index in [4.69, 9.17) is 29.6 Å². The van der Waals surface area contributed by atoms with E-state index < -0.39 is 10.0 Å². The van der Waals surface area contributed by atoms with E-state index in [-0.39, 0.29) is 14.9 Å². The normalized spacial score (nSPS) is 16.2. The van der Waals surface area contributed by atoms with Gasteiger partial charge in [0, 0.05) is 18.7 Å². The first-order chi connectivity index (χ1) is 9.90. The monoisotopic (exact) mass is 347 g/mol. The minimum Gasteiger partial charge on any atom is -0.389 e. The maximum atomic E-state index is 12.2. The molecule has 1 aliphatic heterocycles. The first-order valence-corrected chi connectivity index (χ1v) is 8.98. The number of rotatable bonds is 6. The summed E-state index contributed by atoms with van der Waals surface area (Å²) in [5.41, 5.74) is 5.97. The van der Waals surface area contributed by atoms with Crippen LogP contribution in [0.15, 0.2) is 23.1 Å². The van der Waals surface area contributed by atoms with Gasteiger partial charge >= 0.3 is 0 Å². The van der Waals surface area contributed by atoms with Gasteiger partial charge in [0.25, 0.3) is 0 Å². The van der Waals surface area contributed by atoms with Gasteiger partial charge in [-0.2, -0.15) is 0 Å². The van der Waals surface area contributed by atoms with E-state index in [0.29, 0.717) is 12.1 Å². The molecule has 1 saturated heterocycles. The van der Waals surface area contributed by atoms with Gasteiger partial charge in [-0.1, -0.05) is 23.8 Å². The lowest BCUT2D eigenvalue weighted by Crippen LogP contribution is -2.33. The van der Waals surface area contributed by atoms with Crippen molar-refractivity contribution in [1.29, 1.82) is 0 Å². The van der Waals surface area contributed by atoms with Gasteiger partial charge in [-0.25, -0.2) is 13.1 Å². The molecule has 0 radical (unpaired) electrons. The lowest BCUT2D eigenvalue weighted by Gasteiger charge is -2.15. The van der Waals surface area contributed by atoms with E-state index in [1.54, 1.807) is 0 Å². The van der Waals surface area contributed by atoms with E-state index in [9.17, 15) is 8.42 Å². The summed E-state index contributed by atoms with van der Waals surface area (Å²) < 4.78 is 27.0. The number of hydrogen-bond acceptors (Lipinski definition) is 4. The predicted octanol–water partition coefficient (Wildman–Crippen LogP) is 1.35. The van der Waals surface area contributed by atoms with E-state index in [1.165, 1.54) is 31.0 Å². The summed E-state index contributed by atoms with van der Waals surface area (Å²) in [6.07, 6.45) is 2.37. The molecule has 0 amide bonds. The van der Waals surface area contributed by atoms with Crippen molar-refractivity contribution >= 4 is 38.8 Å². The molecule has 0 aromatic heterocycles. The zero-order chi connectivity index (χ0) is 15.5. The molecule has 1 aromatic carbocycles. The second-order valence-corrected chi connectivity index (χ2v) is 7.57. The molecule has 0 atom stereocenters. The zero-order valence-electron chi connectivity index (χ0n) is 11.5. The Hall–Kier alpha value is -0.730. The minimum absolute atomic E-state index is 0.119. The van der Waals surface area contributed by atoms with Crippen molar-refractivity contribution in [2.45, 2.75) is 17.7 Å². The van der Waals surface area contributed by atoms with Gasteiger partial charge in [0.2, 0.25) is 10.0 Å². The molecule has 1 heterocycles. The topological polar surface area (TPSA) is 75.4 Å². The molecule has 8 heteroatoms. The smallest absolute Gasteiger partial charge is 0.240 e. The van der Waals surface area contributed by atoms with Gasteiger partial charge in [-0.3, -0.25) is 0 Å². The Morgan fingerprint density at radius 1 is 1.38 bits per heavy atom. The third-order valence-corrected chi connectivity index (χ3v) is 5.43. The van der Waals surface area contributed by atoms with Gasteiger partial charge < -0.3 is 10.6 Å². The summed E-state index contributed by atoms with van der Waals surface area (Å²) in [6, 6.07) is 4.35. The highest BCUT2D eigenvalue weighted by molar-refractivity contribution is 7.89. The fraction of sp³-hybridized carbons (Fsp3) is 0.462. The van der Waals surface area contributed by atoms with Crippen LogP contribution in [0.1, 0.15) is 18.4 Å². The van der Waals surface area contributed by atoms with E-state index in [0.717, 1.165) is 19.6 Å². The summed E-state index contributed by atoms with van der Waals surface area (Å²) in [6.45, 7) is 3.18. The molecular weight excluding hydrogens is 330 g/mol. The molecular formula is C13H18ClN3O2S2. The molecule has 0 bridgehead atoms. The number of nitrogens with zero attached hydrogens (tertiary/aromatic N) is 1. The fourth-order valence-corrected chi connectivity index (χ4v) is 3.92. The van der Waals surface area contributed by atoms with Crippen LogP contribution in [-0.4, -0.2) is 44.5 Å². The first-order valence-electron chi connectivity index (χ1n) is 6.71. The maximum absolute atomic E-state index is 12.2. The SMILES string of the molecule is NC(=S)c1ccc(S(=O)(=O)NCCN2CCCC2)cc1Cl. The Bertz CT molecular complexity index is 628. The number of nitrogens with one attached hydrogen (secondary N) is 1. The predicted molar refractivity (Wildman–Crippen MR) is 88.2 cm³/mol. The number of benzene rings is 1. The Morgan fingerprint density at radius 3 is 2.62 bits per heavy atom. The van der Waals surface area contributed by atoms with Crippen molar-refractivity contribution in [3.63, 3.8) is 0 Å². The Kier molecular flexibility index (Phi) is 5.56. The number of thiocarbonyl (C=S) groups is 1. The lowest BCUT2D eigenvalue weighted by molar-refractivity contribution is 0.344. The quantitative estimate of drug-likeness (QED) is 0.760. The molecule has 21 heavy (non-hydrogen) atoms. The second-order valence-electron chi connectivity index (χ2n) is 4.95. The van der Waals surface area contributed by atoms with Crippen LogP contribution in [0, 0.1) is 0 Å². The largest absolute Gasteiger partial charge is 0.389 e.